The average molecular weight is 362 g/mol. The maximum atomic E-state index is 15.3. The zero-order valence-electron chi connectivity index (χ0n) is 15.9. The summed E-state index contributed by atoms with van der Waals surface area (Å²) in [5.41, 5.74) is 4.48. The van der Waals surface area contributed by atoms with Gasteiger partial charge < -0.3 is 15.4 Å². The fourth-order valence-corrected chi connectivity index (χ4v) is 4.36. The summed E-state index contributed by atoms with van der Waals surface area (Å²) in [6.45, 7) is 7.76. The van der Waals surface area contributed by atoms with Crippen LogP contribution in [0.5, 0.6) is 0 Å². The molecular weight excluding hydrogens is 339 g/mol. The largest absolute Gasteiger partial charge is 0.390 e. The van der Waals surface area contributed by atoms with Gasteiger partial charge in [0.2, 0.25) is 0 Å². The van der Waals surface area contributed by atoms with Gasteiger partial charge in [0.15, 0.2) is 0 Å². The lowest BCUT2D eigenvalue weighted by Gasteiger charge is -2.43. The lowest BCUT2D eigenvalue weighted by atomic mass is 9.76. The number of fused-ring (bicyclic) bond motifs is 2. The second-order valence-corrected chi connectivity index (χ2v) is 7.99. The Morgan fingerprint density at radius 2 is 2.04 bits per heavy atom. The standard InChI is InChI=1S/C23H23FN2O/c1-6-14-19-13(3)22(27)23(4,5)26-18(19)10-17(24)20(14)16-9-7-8-15-12(2)11-25-21(15)16/h1,7-11,13,22,25-27H,2-5H3/t13-,22+/m1/s1. The molecule has 3 aromatic rings. The van der Waals surface area contributed by atoms with Gasteiger partial charge in [0.1, 0.15) is 5.82 Å². The molecule has 1 aliphatic heterocycles. The quantitative estimate of drug-likeness (QED) is 0.538. The molecule has 0 fully saturated rings. The molecule has 0 amide bonds. The van der Waals surface area contributed by atoms with Crippen LogP contribution in [0.1, 0.15) is 43.4 Å². The third kappa shape index (κ3) is 2.46. The molecule has 0 saturated heterocycles. The molecule has 0 bridgehead atoms. The summed E-state index contributed by atoms with van der Waals surface area (Å²) in [5, 5.41) is 15.0. The molecule has 3 nitrogen and oxygen atoms in total. The monoisotopic (exact) mass is 362 g/mol. The summed E-state index contributed by atoms with van der Waals surface area (Å²) in [4.78, 5) is 3.25. The number of rotatable bonds is 1. The Morgan fingerprint density at radius 1 is 1.30 bits per heavy atom. The number of aryl methyl sites for hydroxylation is 1. The number of halogens is 1. The predicted octanol–water partition coefficient (Wildman–Crippen LogP) is 4.93. The van der Waals surface area contributed by atoms with Crippen LogP contribution in [0.3, 0.4) is 0 Å². The van der Waals surface area contributed by atoms with E-state index >= 15 is 4.39 Å². The highest BCUT2D eigenvalue weighted by molar-refractivity contribution is 5.98. The Kier molecular flexibility index (Phi) is 3.83. The topological polar surface area (TPSA) is 48.0 Å². The van der Waals surface area contributed by atoms with Gasteiger partial charge in [-0.15, -0.1) is 6.42 Å². The molecular formula is C23H23FN2O. The highest BCUT2D eigenvalue weighted by Gasteiger charge is 2.40. The third-order valence-electron chi connectivity index (χ3n) is 5.78. The molecule has 1 aliphatic rings. The molecule has 138 valence electrons. The molecule has 3 N–H and O–H groups in total. The van der Waals surface area contributed by atoms with E-state index in [-0.39, 0.29) is 11.7 Å². The van der Waals surface area contributed by atoms with Crippen LogP contribution >= 0.6 is 0 Å². The molecule has 0 aliphatic carbocycles. The lowest BCUT2D eigenvalue weighted by molar-refractivity contribution is 0.0868. The molecule has 2 aromatic carbocycles. The number of benzene rings is 2. The van der Waals surface area contributed by atoms with Crippen molar-refractivity contribution in [1.29, 1.82) is 0 Å². The average Bonchev–Trinajstić information content (AvgIpc) is 3.00. The van der Waals surface area contributed by atoms with E-state index < -0.39 is 11.6 Å². The molecule has 4 heteroatoms. The summed E-state index contributed by atoms with van der Waals surface area (Å²) in [5.74, 6) is 2.12. The number of nitrogens with one attached hydrogen (secondary N) is 2. The van der Waals surface area contributed by atoms with Gasteiger partial charge in [-0.2, -0.15) is 0 Å². The van der Waals surface area contributed by atoms with Crippen molar-refractivity contribution in [2.24, 2.45) is 0 Å². The van der Waals surface area contributed by atoms with Gasteiger partial charge in [-0.25, -0.2) is 4.39 Å². The number of hydrogen-bond acceptors (Lipinski definition) is 2. The molecule has 0 spiro atoms. The van der Waals surface area contributed by atoms with Crippen molar-refractivity contribution in [2.75, 3.05) is 5.32 Å². The number of anilines is 1. The predicted molar refractivity (Wildman–Crippen MR) is 108 cm³/mol. The minimum absolute atomic E-state index is 0.216. The maximum absolute atomic E-state index is 15.3. The van der Waals surface area contributed by atoms with E-state index in [9.17, 15) is 5.11 Å². The Hall–Kier alpha value is -2.77. The normalized spacial score (nSPS) is 20.8. The molecule has 0 radical (unpaired) electrons. The molecule has 4 rings (SSSR count). The Labute approximate surface area is 158 Å². The van der Waals surface area contributed by atoms with Crippen molar-refractivity contribution in [3.05, 3.63) is 53.0 Å². The number of aromatic nitrogens is 1. The van der Waals surface area contributed by atoms with Crippen LogP contribution in [0, 0.1) is 25.1 Å². The zero-order chi connectivity index (χ0) is 19.5. The molecule has 1 aromatic heterocycles. The summed E-state index contributed by atoms with van der Waals surface area (Å²) < 4.78 is 15.3. The van der Waals surface area contributed by atoms with Crippen LogP contribution in [-0.4, -0.2) is 21.7 Å². The second kappa shape index (κ2) is 5.87. The summed E-state index contributed by atoms with van der Waals surface area (Å²) in [7, 11) is 0. The maximum Gasteiger partial charge on any atom is 0.134 e. The van der Waals surface area contributed by atoms with Crippen molar-refractivity contribution in [1.82, 2.24) is 4.98 Å². The van der Waals surface area contributed by atoms with E-state index in [2.05, 4.69) is 16.2 Å². The van der Waals surface area contributed by atoms with Gasteiger partial charge in [0.05, 0.1) is 17.2 Å². The number of terminal acetylenes is 1. The van der Waals surface area contributed by atoms with Gasteiger partial charge in [0, 0.05) is 39.9 Å². The van der Waals surface area contributed by atoms with Crippen LogP contribution in [0.2, 0.25) is 0 Å². The first-order valence-electron chi connectivity index (χ1n) is 9.12. The minimum Gasteiger partial charge on any atom is -0.390 e. The van der Waals surface area contributed by atoms with Crippen molar-refractivity contribution < 1.29 is 9.50 Å². The zero-order valence-corrected chi connectivity index (χ0v) is 15.9. The number of hydrogen-bond donors (Lipinski definition) is 3. The van der Waals surface area contributed by atoms with Gasteiger partial charge in [-0.05, 0) is 38.0 Å². The van der Waals surface area contributed by atoms with Crippen molar-refractivity contribution >= 4 is 16.6 Å². The minimum atomic E-state index is -0.640. The first-order chi connectivity index (χ1) is 12.8. The lowest BCUT2D eigenvalue weighted by Crippen LogP contribution is -2.50. The van der Waals surface area contributed by atoms with Gasteiger partial charge in [-0.1, -0.05) is 31.0 Å². The highest BCUT2D eigenvalue weighted by Crippen LogP contribution is 2.45. The van der Waals surface area contributed by atoms with Gasteiger partial charge in [-0.3, -0.25) is 0 Å². The van der Waals surface area contributed by atoms with Crippen molar-refractivity contribution in [3.8, 4) is 23.5 Å². The second-order valence-electron chi connectivity index (χ2n) is 7.99. The van der Waals surface area contributed by atoms with Crippen LogP contribution in [0.4, 0.5) is 10.1 Å². The molecule has 0 unspecified atom stereocenters. The Balaban J connectivity index is 2.06. The fourth-order valence-electron chi connectivity index (χ4n) is 4.36. The van der Waals surface area contributed by atoms with E-state index in [4.69, 9.17) is 6.42 Å². The Bertz CT molecular complexity index is 1100. The van der Waals surface area contributed by atoms with Crippen molar-refractivity contribution in [3.63, 3.8) is 0 Å². The SMILES string of the molecule is C#Cc1c(-c2cccc3c(C)c[nH]c23)c(F)cc2c1[C@@H](C)[C@H](O)C(C)(C)N2. The highest BCUT2D eigenvalue weighted by atomic mass is 19.1. The molecule has 2 heterocycles. The smallest absolute Gasteiger partial charge is 0.134 e. The van der Waals surface area contributed by atoms with Gasteiger partial charge >= 0.3 is 0 Å². The number of aliphatic hydroxyl groups is 1. The van der Waals surface area contributed by atoms with Crippen molar-refractivity contribution in [2.45, 2.75) is 45.3 Å². The van der Waals surface area contributed by atoms with E-state index in [1.807, 2.05) is 52.1 Å². The number of para-hydroxylation sites is 1. The van der Waals surface area contributed by atoms with Crippen LogP contribution < -0.4 is 5.32 Å². The van der Waals surface area contributed by atoms with Crippen LogP contribution in [0.25, 0.3) is 22.0 Å². The number of aromatic amines is 1. The summed E-state index contributed by atoms with van der Waals surface area (Å²) in [6.07, 6.45) is 7.14. The molecule has 2 atom stereocenters. The number of aliphatic hydroxyl groups excluding tert-OH is 1. The fraction of sp³-hybridized carbons (Fsp3) is 0.304. The Morgan fingerprint density at radius 3 is 2.74 bits per heavy atom. The van der Waals surface area contributed by atoms with Gasteiger partial charge in [0.25, 0.3) is 0 Å². The van der Waals surface area contributed by atoms with E-state index in [0.717, 1.165) is 27.6 Å². The first-order valence-corrected chi connectivity index (χ1v) is 9.12. The number of H-pyrrole nitrogens is 1. The van der Waals surface area contributed by atoms with E-state index in [0.29, 0.717) is 16.8 Å². The summed E-state index contributed by atoms with van der Waals surface area (Å²) >= 11 is 0. The van der Waals surface area contributed by atoms with Crippen LogP contribution in [0.15, 0.2) is 30.5 Å². The molecule has 0 saturated carbocycles. The molecule has 27 heavy (non-hydrogen) atoms. The van der Waals surface area contributed by atoms with E-state index in [1.54, 1.807) is 0 Å². The van der Waals surface area contributed by atoms with Crippen LogP contribution in [-0.2, 0) is 0 Å². The first kappa shape index (κ1) is 17.6. The third-order valence-corrected chi connectivity index (χ3v) is 5.78. The summed E-state index contributed by atoms with van der Waals surface area (Å²) in [6, 6.07) is 7.31. The van der Waals surface area contributed by atoms with E-state index in [1.165, 1.54) is 6.07 Å².